The molecule has 0 bridgehead atoms. The number of anilines is 1. The van der Waals surface area contributed by atoms with Crippen LogP contribution in [0.2, 0.25) is 0 Å². The third kappa shape index (κ3) is 4.65. The van der Waals surface area contributed by atoms with Gasteiger partial charge in [0.2, 0.25) is 0 Å². The van der Waals surface area contributed by atoms with Gasteiger partial charge in [-0.3, -0.25) is 15.0 Å². The Morgan fingerprint density at radius 3 is 2.58 bits per heavy atom. The van der Waals surface area contributed by atoms with E-state index >= 15 is 0 Å². The van der Waals surface area contributed by atoms with Crippen molar-refractivity contribution in [2.45, 2.75) is 45.6 Å². The van der Waals surface area contributed by atoms with E-state index in [-0.39, 0.29) is 11.3 Å². The van der Waals surface area contributed by atoms with Gasteiger partial charge in [0.05, 0.1) is 4.92 Å². The molecular weight excluding hydrogens is 306 g/mol. The number of likely N-dealkylation sites (tertiary alicyclic amines) is 1. The Labute approximate surface area is 142 Å². The number of pyridine rings is 1. The Hall–Kier alpha value is -2.20. The Kier molecular flexibility index (Phi) is 6.50. The minimum absolute atomic E-state index is 0.162. The summed E-state index contributed by atoms with van der Waals surface area (Å²) in [4.78, 5) is 16.9. The molecule has 1 atom stereocenters. The summed E-state index contributed by atoms with van der Waals surface area (Å²) in [7, 11) is 0. The van der Waals surface area contributed by atoms with E-state index in [1.165, 1.54) is 37.9 Å². The third-order valence-electron chi connectivity index (χ3n) is 4.56. The van der Waals surface area contributed by atoms with Gasteiger partial charge in [0.25, 0.3) is 5.69 Å². The van der Waals surface area contributed by atoms with Crippen LogP contribution in [0.5, 0.6) is 0 Å². The predicted octanol–water partition coefficient (Wildman–Crippen LogP) is 3.17. The first kappa shape index (κ1) is 18.1. The largest absolute Gasteiger partial charge is 0.367 e. The van der Waals surface area contributed by atoms with Crippen molar-refractivity contribution >= 4 is 11.5 Å². The van der Waals surface area contributed by atoms with Crippen LogP contribution in [0.15, 0.2) is 12.3 Å². The number of aromatic nitrogens is 1. The van der Waals surface area contributed by atoms with Gasteiger partial charge >= 0.3 is 0 Å². The second-order valence-electron chi connectivity index (χ2n) is 6.60. The molecule has 7 heteroatoms. The summed E-state index contributed by atoms with van der Waals surface area (Å²) in [6.45, 7) is 7.28. The van der Waals surface area contributed by atoms with Crippen molar-refractivity contribution in [3.63, 3.8) is 0 Å². The molecule has 2 heterocycles. The van der Waals surface area contributed by atoms with Crippen LogP contribution < -0.4 is 5.32 Å². The second-order valence-corrected chi connectivity index (χ2v) is 6.60. The van der Waals surface area contributed by atoms with Crippen molar-refractivity contribution in [3.8, 4) is 6.07 Å². The lowest BCUT2D eigenvalue weighted by Crippen LogP contribution is -2.44. The molecule has 2 rings (SSSR count). The zero-order chi connectivity index (χ0) is 17.5. The number of hydrogen-bond acceptors (Lipinski definition) is 6. The van der Waals surface area contributed by atoms with E-state index in [2.05, 4.69) is 29.0 Å². The molecule has 0 spiro atoms. The van der Waals surface area contributed by atoms with Crippen LogP contribution in [0.1, 0.15) is 45.1 Å². The summed E-state index contributed by atoms with van der Waals surface area (Å²) in [5.41, 5.74) is 0.0487. The lowest BCUT2D eigenvalue weighted by Gasteiger charge is -2.34. The Morgan fingerprint density at radius 2 is 2.04 bits per heavy atom. The topological polar surface area (TPSA) is 95.1 Å². The fourth-order valence-electron chi connectivity index (χ4n) is 3.19. The van der Waals surface area contributed by atoms with Crippen LogP contribution in [-0.2, 0) is 0 Å². The minimum Gasteiger partial charge on any atom is -0.367 e. The normalized spacial score (nSPS) is 17.1. The molecule has 1 aromatic rings. The first-order chi connectivity index (χ1) is 11.5. The van der Waals surface area contributed by atoms with Gasteiger partial charge < -0.3 is 5.32 Å². The molecule has 0 amide bonds. The zero-order valence-electron chi connectivity index (χ0n) is 14.4. The third-order valence-corrected chi connectivity index (χ3v) is 4.56. The van der Waals surface area contributed by atoms with Gasteiger partial charge in [0.15, 0.2) is 0 Å². The molecule has 1 saturated heterocycles. The van der Waals surface area contributed by atoms with E-state index < -0.39 is 4.92 Å². The maximum absolute atomic E-state index is 10.8. The highest BCUT2D eigenvalue weighted by Gasteiger charge is 2.23. The van der Waals surface area contributed by atoms with Gasteiger partial charge in [-0.05, 0) is 31.8 Å². The summed E-state index contributed by atoms with van der Waals surface area (Å²) < 4.78 is 0. The number of rotatable bonds is 6. The molecule has 1 aliphatic heterocycles. The summed E-state index contributed by atoms with van der Waals surface area (Å²) >= 11 is 0. The highest BCUT2D eigenvalue weighted by molar-refractivity contribution is 5.55. The number of nitro groups is 1. The van der Waals surface area contributed by atoms with Crippen molar-refractivity contribution < 1.29 is 4.92 Å². The van der Waals surface area contributed by atoms with Crippen molar-refractivity contribution in [3.05, 3.63) is 27.9 Å². The molecule has 1 aromatic heterocycles. The maximum atomic E-state index is 10.8. The van der Waals surface area contributed by atoms with Gasteiger partial charge in [-0.25, -0.2) is 4.98 Å². The SMILES string of the molecule is CC(C)[C@@H](CNc1ncc([N+](=O)[O-])cc1C#N)N1CCCCCC1. The average molecular weight is 331 g/mol. The number of nitrogens with zero attached hydrogens (tertiary/aromatic N) is 4. The van der Waals surface area contributed by atoms with Gasteiger partial charge in [-0.1, -0.05) is 26.7 Å². The summed E-state index contributed by atoms with van der Waals surface area (Å²) in [5, 5.41) is 23.3. The summed E-state index contributed by atoms with van der Waals surface area (Å²) in [5.74, 6) is 0.891. The first-order valence-electron chi connectivity index (χ1n) is 8.55. The van der Waals surface area contributed by atoms with Gasteiger partial charge in [-0.2, -0.15) is 5.26 Å². The molecule has 0 radical (unpaired) electrons. The highest BCUT2D eigenvalue weighted by Crippen LogP contribution is 2.21. The van der Waals surface area contributed by atoms with E-state index in [0.717, 1.165) is 13.1 Å². The van der Waals surface area contributed by atoms with Gasteiger partial charge in [0, 0.05) is 18.7 Å². The molecule has 0 aliphatic carbocycles. The molecule has 0 saturated carbocycles. The first-order valence-corrected chi connectivity index (χ1v) is 8.55. The maximum Gasteiger partial charge on any atom is 0.289 e. The Morgan fingerprint density at radius 1 is 1.38 bits per heavy atom. The molecule has 0 aromatic carbocycles. The minimum atomic E-state index is -0.536. The van der Waals surface area contributed by atoms with E-state index in [1.54, 1.807) is 0 Å². The summed E-state index contributed by atoms with van der Waals surface area (Å²) in [6, 6.07) is 3.61. The average Bonchev–Trinajstić information content (AvgIpc) is 2.84. The van der Waals surface area contributed by atoms with Crippen molar-refractivity contribution in [1.82, 2.24) is 9.88 Å². The summed E-state index contributed by atoms with van der Waals surface area (Å²) in [6.07, 6.45) is 6.22. The zero-order valence-corrected chi connectivity index (χ0v) is 14.4. The fourth-order valence-corrected chi connectivity index (χ4v) is 3.19. The van der Waals surface area contributed by atoms with Crippen LogP contribution in [-0.4, -0.2) is 40.5 Å². The van der Waals surface area contributed by atoms with E-state index in [0.29, 0.717) is 24.3 Å². The highest BCUT2D eigenvalue weighted by atomic mass is 16.6. The van der Waals surface area contributed by atoms with Crippen LogP contribution in [0, 0.1) is 27.4 Å². The van der Waals surface area contributed by atoms with E-state index in [4.69, 9.17) is 0 Å². The standard InChI is InChI=1S/C17H25N5O2/c1-13(2)16(21-7-5-3-4-6-8-21)12-20-17-14(10-18)9-15(11-19-17)22(23)24/h9,11,13,16H,3-8,12H2,1-2H3,(H,19,20)/t16-/m1/s1. The molecule has 7 nitrogen and oxygen atoms in total. The van der Waals surface area contributed by atoms with Crippen molar-refractivity contribution in [1.29, 1.82) is 5.26 Å². The number of nitriles is 1. The number of hydrogen-bond donors (Lipinski definition) is 1. The molecule has 1 aliphatic rings. The van der Waals surface area contributed by atoms with Crippen molar-refractivity contribution in [2.75, 3.05) is 25.0 Å². The van der Waals surface area contributed by atoms with E-state index in [9.17, 15) is 15.4 Å². The predicted molar refractivity (Wildman–Crippen MR) is 92.8 cm³/mol. The molecular formula is C17H25N5O2. The lowest BCUT2D eigenvalue weighted by atomic mass is 10.0. The Bertz CT molecular complexity index is 603. The lowest BCUT2D eigenvalue weighted by molar-refractivity contribution is -0.385. The van der Waals surface area contributed by atoms with Crippen LogP contribution in [0.3, 0.4) is 0 Å². The van der Waals surface area contributed by atoms with Gasteiger partial charge in [-0.15, -0.1) is 0 Å². The van der Waals surface area contributed by atoms with Crippen LogP contribution >= 0.6 is 0 Å². The molecule has 1 N–H and O–H groups in total. The molecule has 130 valence electrons. The fraction of sp³-hybridized carbons (Fsp3) is 0.647. The monoisotopic (exact) mass is 331 g/mol. The van der Waals surface area contributed by atoms with Crippen LogP contribution in [0.4, 0.5) is 11.5 Å². The quantitative estimate of drug-likeness (QED) is 0.635. The molecule has 1 fully saturated rings. The van der Waals surface area contributed by atoms with E-state index in [1.807, 2.05) is 6.07 Å². The second kappa shape index (κ2) is 8.60. The Balaban J connectivity index is 2.09. The smallest absolute Gasteiger partial charge is 0.289 e. The van der Waals surface area contributed by atoms with Gasteiger partial charge in [0.1, 0.15) is 23.6 Å². The number of nitrogens with one attached hydrogen (secondary N) is 1. The molecule has 0 unspecified atom stereocenters. The van der Waals surface area contributed by atoms with Crippen LogP contribution in [0.25, 0.3) is 0 Å². The van der Waals surface area contributed by atoms with Crippen molar-refractivity contribution in [2.24, 2.45) is 5.92 Å². The molecule has 24 heavy (non-hydrogen) atoms.